The summed E-state index contributed by atoms with van der Waals surface area (Å²) in [5.41, 5.74) is 4.89. The van der Waals surface area contributed by atoms with Crippen LogP contribution in [-0.4, -0.2) is 21.3 Å². The maximum absolute atomic E-state index is 4.44. The average Bonchev–Trinajstić information content (AvgIpc) is 2.73. The van der Waals surface area contributed by atoms with E-state index >= 15 is 0 Å². The Bertz CT molecular complexity index is 559. The minimum Gasteiger partial charge on any atom is -0.310 e. The second kappa shape index (κ2) is 6.66. The highest BCUT2D eigenvalue weighted by Crippen LogP contribution is 2.21. The van der Waals surface area contributed by atoms with Crippen LogP contribution < -0.4 is 5.32 Å². The van der Waals surface area contributed by atoms with E-state index in [1.165, 1.54) is 16.8 Å². The normalized spacial score (nSPS) is 12.6. The molecule has 0 fully saturated rings. The Hall–Kier alpha value is -1.68. The molecule has 0 saturated heterocycles. The van der Waals surface area contributed by atoms with Crippen LogP contribution in [0.5, 0.6) is 0 Å². The predicted octanol–water partition coefficient (Wildman–Crippen LogP) is 2.72. The molecule has 108 valence electrons. The second-order valence-electron chi connectivity index (χ2n) is 5.34. The van der Waals surface area contributed by atoms with E-state index in [9.17, 15) is 0 Å². The molecule has 0 amide bonds. The van der Waals surface area contributed by atoms with Crippen molar-refractivity contribution in [1.29, 1.82) is 0 Å². The van der Waals surface area contributed by atoms with Gasteiger partial charge in [-0.05, 0) is 50.1 Å². The van der Waals surface area contributed by atoms with Gasteiger partial charge in [0.2, 0.25) is 0 Å². The lowest BCUT2D eigenvalue weighted by Crippen LogP contribution is -2.25. The second-order valence-corrected chi connectivity index (χ2v) is 5.34. The van der Waals surface area contributed by atoms with Gasteiger partial charge in [-0.1, -0.05) is 6.92 Å². The molecule has 4 heteroatoms. The first-order chi connectivity index (χ1) is 9.61. The fraction of sp³-hybridized carbons (Fsp3) is 0.500. The van der Waals surface area contributed by atoms with Gasteiger partial charge in [0.25, 0.3) is 0 Å². The minimum absolute atomic E-state index is 0.313. The summed E-state index contributed by atoms with van der Waals surface area (Å²) in [5.74, 6) is 0. The van der Waals surface area contributed by atoms with E-state index in [4.69, 9.17) is 0 Å². The number of rotatable bonds is 6. The van der Waals surface area contributed by atoms with E-state index in [0.717, 1.165) is 25.1 Å². The van der Waals surface area contributed by atoms with Crippen molar-refractivity contribution in [3.05, 3.63) is 47.0 Å². The molecule has 2 aromatic rings. The predicted molar refractivity (Wildman–Crippen MR) is 81.7 cm³/mol. The van der Waals surface area contributed by atoms with Gasteiger partial charge in [-0.2, -0.15) is 5.10 Å². The molecule has 0 aliphatic rings. The van der Waals surface area contributed by atoms with Crippen LogP contribution in [0.2, 0.25) is 0 Å². The van der Waals surface area contributed by atoms with Gasteiger partial charge in [-0.15, -0.1) is 0 Å². The largest absolute Gasteiger partial charge is 0.310 e. The number of pyridine rings is 1. The van der Waals surface area contributed by atoms with E-state index in [0.29, 0.717) is 6.04 Å². The zero-order valence-electron chi connectivity index (χ0n) is 12.8. The molecule has 0 aliphatic carbocycles. The van der Waals surface area contributed by atoms with Gasteiger partial charge in [-0.3, -0.25) is 9.67 Å². The van der Waals surface area contributed by atoms with Crippen molar-refractivity contribution in [2.24, 2.45) is 7.05 Å². The summed E-state index contributed by atoms with van der Waals surface area (Å²) in [6.07, 6.45) is 5.88. The molecule has 0 spiro atoms. The third kappa shape index (κ3) is 3.45. The molecule has 0 radical (unpaired) electrons. The van der Waals surface area contributed by atoms with Crippen molar-refractivity contribution in [3.8, 4) is 0 Å². The van der Waals surface area contributed by atoms with Crippen LogP contribution in [0, 0.1) is 13.8 Å². The zero-order valence-corrected chi connectivity index (χ0v) is 12.8. The average molecular weight is 272 g/mol. The summed E-state index contributed by atoms with van der Waals surface area (Å²) < 4.78 is 1.98. The first kappa shape index (κ1) is 14.7. The van der Waals surface area contributed by atoms with Gasteiger partial charge in [0.05, 0.1) is 5.69 Å². The molecule has 1 unspecified atom stereocenters. The Morgan fingerprint density at radius 3 is 2.75 bits per heavy atom. The molecule has 20 heavy (non-hydrogen) atoms. The van der Waals surface area contributed by atoms with Crippen LogP contribution in [0.1, 0.15) is 41.9 Å². The number of nitrogens with one attached hydrogen (secondary N) is 1. The summed E-state index contributed by atoms with van der Waals surface area (Å²) in [6.45, 7) is 7.37. The fourth-order valence-corrected chi connectivity index (χ4v) is 2.55. The molecule has 0 aromatic carbocycles. The highest BCUT2D eigenvalue weighted by molar-refractivity contribution is 5.27. The Morgan fingerprint density at radius 1 is 1.35 bits per heavy atom. The molecule has 1 atom stereocenters. The summed E-state index contributed by atoms with van der Waals surface area (Å²) in [7, 11) is 2.01. The standard InChI is InChI=1S/C16H24N4/c1-5-7-18-16(15-6-8-17-11-12(15)2)10-14-9-13(3)19-20(14)4/h6,8-9,11,16,18H,5,7,10H2,1-4H3. The molecular formula is C16H24N4. The summed E-state index contributed by atoms with van der Waals surface area (Å²) in [5, 5.41) is 8.08. The number of aromatic nitrogens is 3. The van der Waals surface area contributed by atoms with Crippen molar-refractivity contribution in [3.63, 3.8) is 0 Å². The minimum atomic E-state index is 0.313. The molecular weight excluding hydrogens is 248 g/mol. The van der Waals surface area contributed by atoms with Crippen molar-refractivity contribution in [2.45, 2.75) is 39.7 Å². The fourth-order valence-electron chi connectivity index (χ4n) is 2.55. The molecule has 4 nitrogen and oxygen atoms in total. The molecule has 2 rings (SSSR count). The van der Waals surface area contributed by atoms with Crippen LogP contribution in [0.4, 0.5) is 0 Å². The lowest BCUT2D eigenvalue weighted by molar-refractivity contribution is 0.510. The van der Waals surface area contributed by atoms with Crippen LogP contribution in [0.3, 0.4) is 0 Å². The van der Waals surface area contributed by atoms with Gasteiger partial charge >= 0.3 is 0 Å². The van der Waals surface area contributed by atoms with Gasteiger partial charge in [0, 0.05) is 37.6 Å². The monoisotopic (exact) mass is 272 g/mol. The van der Waals surface area contributed by atoms with Crippen LogP contribution in [-0.2, 0) is 13.5 Å². The third-order valence-electron chi connectivity index (χ3n) is 3.59. The quantitative estimate of drug-likeness (QED) is 0.879. The number of nitrogens with zero attached hydrogens (tertiary/aromatic N) is 3. The van der Waals surface area contributed by atoms with Gasteiger partial charge < -0.3 is 5.32 Å². The maximum Gasteiger partial charge on any atom is 0.0596 e. The maximum atomic E-state index is 4.44. The first-order valence-electron chi connectivity index (χ1n) is 7.25. The topological polar surface area (TPSA) is 42.7 Å². The molecule has 0 bridgehead atoms. The smallest absolute Gasteiger partial charge is 0.0596 e. The van der Waals surface area contributed by atoms with E-state index in [-0.39, 0.29) is 0 Å². The molecule has 0 saturated carbocycles. The third-order valence-corrected chi connectivity index (χ3v) is 3.59. The van der Waals surface area contributed by atoms with E-state index in [1.807, 2.05) is 31.0 Å². The summed E-state index contributed by atoms with van der Waals surface area (Å²) >= 11 is 0. The van der Waals surface area contributed by atoms with Crippen LogP contribution in [0.25, 0.3) is 0 Å². The lowest BCUT2D eigenvalue weighted by Gasteiger charge is -2.20. The summed E-state index contributed by atoms with van der Waals surface area (Å²) in [4.78, 5) is 4.19. The van der Waals surface area contributed by atoms with Gasteiger partial charge in [0.15, 0.2) is 0 Å². The molecule has 2 aromatic heterocycles. The Labute approximate surface area is 121 Å². The number of hydrogen-bond acceptors (Lipinski definition) is 3. The van der Waals surface area contributed by atoms with Gasteiger partial charge in [0.1, 0.15) is 0 Å². The van der Waals surface area contributed by atoms with Crippen LogP contribution >= 0.6 is 0 Å². The summed E-state index contributed by atoms with van der Waals surface area (Å²) in [6, 6.07) is 4.59. The highest BCUT2D eigenvalue weighted by atomic mass is 15.3. The van der Waals surface area contributed by atoms with Crippen molar-refractivity contribution >= 4 is 0 Å². The number of hydrogen-bond donors (Lipinski definition) is 1. The van der Waals surface area contributed by atoms with Gasteiger partial charge in [-0.25, -0.2) is 0 Å². The first-order valence-corrected chi connectivity index (χ1v) is 7.25. The SMILES string of the molecule is CCCNC(Cc1cc(C)nn1C)c1ccncc1C. The highest BCUT2D eigenvalue weighted by Gasteiger charge is 2.16. The van der Waals surface area contributed by atoms with Crippen molar-refractivity contribution in [1.82, 2.24) is 20.1 Å². The Morgan fingerprint density at radius 2 is 2.15 bits per heavy atom. The Balaban J connectivity index is 2.24. The lowest BCUT2D eigenvalue weighted by atomic mass is 9.99. The van der Waals surface area contributed by atoms with Crippen molar-refractivity contribution in [2.75, 3.05) is 6.54 Å². The van der Waals surface area contributed by atoms with E-state index < -0.39 is 0 Å². The number of aryl methyl sites for hydroxylation is 3. The van der Waals surface area contributed by atoms with E-state index in [2.05, 4.69) is 41.4 Å². The molecule has 1 N–H and O–H groups in total. The zero-order chi connectivity index (χ0) is 14.5. The van der Waals surface area contributed by atoms with Crippen molar-refractivity contribution < 1.29 is 0 Å². The Kier molecular flexibility index (Phi) is 4.90. The molecule has 0 aliphatic heterocycles. The molecule has 2 heterocycles. The van der Waals surface area contributed by atoms with Crippen LogP contribution in [0.15, 0.2) is 24.5 Å². The van der Waals surface area contributed by atoms with E-state index in [1.54, 1.807) is 0 Å².